The predicted octanol–water partition coefficient (Wildman–Crippen LogP) is 3.03. The van der Waals surface area contributed by atoms with Crippen LogP contribution in [0.1, 0.15) is 38.4 Å². The van der Waals surface area contributed by atoms with E-state index >= 15 is 0 Å². The molecule has 46 heavy (non-hydrogen) atoms. The van der Waals surface area contributed by atoms with Crippen molar-refractivity contribution in [2.75, 3.05) is 54.4 Å². The smallest absolute Gasteiger partial charge is 0.416 e. The number of nitrogens with zero attached hydrogens (tertiary/aromatic N) is 7. The van der Waals surface area contributed by atoms with Crippen molar-refractivity contribution in [3.63, 3.8) is 0 Å². The molecule has 1 N–H and O–H groups in total. The highest BCUT2D eigenvalue weighted by atomic mass is 19.4. The Bertz CT molecular complexity index is 1730. The van der Waals surface area contributed by atoms with Crippen molar-refractivity contribution < 1.29 is 36.6 Å². The molecule has 2 atom stereocenters. The number of fused-ring (bicyclic) bond motifs is 3. The molecule has 2 amide bonds. The molecule has 7 rings (SSSR count). The first kappa shape index (κ1) is 31.6. The summed E-state index contributed by atoms with van der Waals surface area (Å²) in [6, 6.07) is 1.83. The molecular formula is C29H34F4N8O5. The highest BCUT2D eigenvalue weighted by Gasteiger charge is 2.40. The number of alkyl halides is 3. The van der Waals surface area contributed by atoms with Crippen LogP contribution in [0.25, 0.3) is 5.78 Å². The summed E-state index contributed by atoms with van der Waals surface area (Å²) in [6.07, 6.45) is -4.22. The van der Waals surface area contributed by atoms with Gasteiger partial charge in [0.05, 0.1) is 23.5 Å². The van der Waals surface area contributed by atoms with E-state index in [0.717, 1.165) is 17.0 Å². The van der Waals surface area contributed by atoms with Crippen LogP contribution < -0.4 is 20.7 Å². The van der Waals surface area contributed by atoms with Crippen LogP contribution in [0, 0.1) is 12.7 Å². The minimum Gasteiger partial charge on any atom is -0.444 e. The molecule has 4 aliphatic rings. The van der Waals surface area contributed by atoms with Gasteiger partial charge in [0.1, 0.15) is 23.7 Å². The quantitative estimate of drug-likeness (QED) is 0.415. The fourth-order valence-corrected chi connectivity index (χ4v) is 5.91. The Balaban J connectivity index is 1.31. The molecule has 4 fully saturated rings. The summed E-state index contributed by atoms with van der Waals surface area (Å²) in [4.78, 5) is 49.6. The number of carbonyl (C=O) groups is 2. The highest BCUT2D eigenvalue weighted by molar-refractivity contribution is 5.91. The lowest BCUT2D eigenvalue weighted by Gasteiger charge is -2.46. The van der Waals surface area contributed by atoms with E-state index in [1.165, 1.54) is 4.57 Å². The second-order valence-corrected chi connectivity index (χ2v) is 12.7. The number of anilines is 3. The number of halogens is 4. The van der Waals surface area contributed by atoms with Gasteiger partial charge in [0.2, 0.25) is 17.6 Å². The molecule has 0 saturated carbocycles. The third-order valence-electron chi connectivity index (χ3n) is 8.12. The Morgan fingerprint density at radius 3 is 2.30 bits per heavy atom. The average Bonchev–Trinajstić information content (AvgIpc) is 3.41. The van der Waals surface area contributed by atoms with Crippen LogP contribution in [0.5, 0.6) is 0 Å². The first-order chi connectivity index (χ1) is 21.6. The first-order valence-electron chi connectivity index (χ1n) is 14.9. The van der Waals surface area contributed by atoms with Crippen LogP contribution in [-0.2, 0) is 27.0 Å². The number of nitrogens with one attached hydrogen (secondary N) is 1. The number of hydrogen-bond acceptors (Lipinski definition) is 9. The Kier molecular flexibility index (Phi) is 7.85. The van der Waals surface area contributed by atoms with Crippen LogP contribution >= 0.6 is 0 Å². The average molecular weight is 651 g/mol. The standard InChI is InChI=1S/C29H34F4N8O5/c1-16-23(37-7-9-38(10-8-37)27(44)46-28(2,3)4)24(43)41-26(35-25(36-41)39-13-18-12-19(14-39)45-18)40(16)15-22(42)34-21-6-5-17(11-20(21)30)29(31,32)33/h5-6,11,18-19H,7-10,12-15H2,1-4H3,(H,34,42). The second-order valence-electron chi connectivity index (χ2n) is 12.7. The van der Waals surface area contributed by atoms with Gasteiger partial charge in [-0.3, -0.25) is 9.59 Å². The maximum Gasteiger partial charge on any atom is 0.416 e. The van der Waals surface area contributed by atoms with E-state index < -0.39 is 52.9 Å². The fourth-order valence-electron chi connectivity index (χ4n) is 5.91. The fraction of sp³-hybridized carbons (Fsp3) is 0.552. The number of piperidine rings is 1. The van der Waals surface area contributed by atoms with Crippen molar-refractivity contribution in [1.29, 1.82) is 0 Å². The Morgan fingerprint density at radius 1 is 1.07 bits per heavy atom. The summed E-state index contributed by atoms with van der Waals surface area (Å²) in [7, 11) is 0. The molecule has 2 unspecified atom stereocenters. The van der Waals surface area contributed by atoms with Gasteiger partial charge in [-0.1, -0.05) is 0 Å². The number of benzene rings is 1. The van der Waals surface area contributed by atoms with Gasteiger partial charge in [0.25, 0.3) is 5.56 Å². The van der Waals surface area contributed by atoms with Crippen molar-refractivity contribution in [1.82, 2.24) is 24.1 Å². The van der Waals surface area contributed by atoms with E-state index in [1.54, 1.807) is 37.5 Å². The van der Waals surface area contributed by atoms with Gasteiger partial charge >= 0.3 is 12.3 Å². The van der Waals surface area contributed by atoms with E-state index in [4.69, 9.17) is 9.47 Å². The monoisotopic (exact) mass is 650 g/mol. The number of ether oxygens (including phenoxy) is 2. The lowest BCUT2D eigenvalue weighted by Crippen LogP contribution is -2.57. The summed E-state index contributed by atoms with van der Waals surface area (Å²) in [5, 5.41) is 6.83. The molecule has 1 aromatic carbocycles. The number of morpholine rings is 1. The predicted molar refractivity (Wildman–Crippen MR) is 158 cm³/mol. The van der Waals surface area contributed by atoms with Crippen LogP contribution in [-0.4, -0.2) is 93.1 Å². The largest absolute Gasteiger partial charge is 0.444 e. The number of rotatable bonds is 5. The number of amides is 2. The normalized spacial score (nSPS) is 20.1. The SMILES string of the molecule is Cc1c(N2CCN(C(=O)OC(C)(C)C)CC2)c(=O)n2nc(N3CC4CC(C3)O4)nc2n1CC(=O)Nc1ccc(C(F)(F)F)cc1F. The van der Waals surface area contributed by atoms with Gasteiger partial charge < -0.3 is 34.1 Å². The molecule has 2 bridgehead atoms. The highest BCUT2D eigenvalue weighted by Crippen LogP contribution is 2.32. The number of piperazine rings is 1. The molecule has 0 spiro atoms. The van der Waals surface area contributed by atoms with Gasteiger partial charge in [-0.05, 0) is 45.9 Å². The molecule has 3 aromatic rings. The zero-order valence-electron chi connectivity index (χ0n) is 25.7. The van der Waals surface area contributed by atoms with E-state index in [0.29, 0.717) is 30.9 Å². The molecule has 2 aromatic heterocycles. The molecule has 13 nitrogen and oxygen atoms in total. The summed E-state index contributed by atoms with van der Waals surface area (Å²) >= 11 is 0. The van der Waals surface area contributed by atoms with Crippen molar-refractivity contribution in [2.24, 2.45) is 0 Å². The lowest BCUT2D eigenvalue weighted by molar-refractivity contribution is -0.137. The molecule has 6 heterocycles. The number of carbonyl (C=O) groups excluding carboxylic acids is 2. The van der Waals surface area contributed by atoms with Crippen LogP contribution in [0.2, 0.25) is 0 Å². The van der Waals surface area contributed by atoms with Crippen LogP contribution in [0.3, 0.4) is 0 Å². The zero-order valence-corrected chi connectivity index (χ0v) is 25.7. The third kappa shape index (κ3) is 6.19. The second kappa shape index (κ2) is 11.4. The van der Waals surface area contributed by atoms with Gasteiger partial charge in [0.15, 0.2) is 0 Å². The number of aromatic nitrogens is 4. The topological polar surface area (TPSA) is 127 Å². The zero-order chi connectivity index (χ0) is 33.1. The van der Waals surface area contributed by atoms with Crippen molar-refractivity contribution >= 4 is 35.1 Å². The van der Waals surface area contributed by atoms with Gasteiger partial charge in [-0.15, -0.1) is 5.10 Å². The van der Waals surface area contributed by atoms with E-state index in [-0.39, 0.29) is 55.8 Å². The number of hydrogen-bond donors (Lipinski definition) is 1. The first-order valence-corrected chi connectivity index (χ1v) is 14.9. The van der Waals surface area contributed by atoms with Gasteiger partial charge in [-0.25, -0.2) is 9.18 Å². The Morgan fingerprint density at radius 2 is 1.72 bits per heavy atom. The summed E-state index contributed by atoms with van der Waals surface area (Å²) in [5.74, 6) is -1.66. The van der Waals surface area contributed by atoms with E-state index in [2.05, 4.69) is 15.4 Å². The van der Waals surface area contributed by atoms with Crippen molar-refractivity contribution in [2.45, 2.75) is 64.6 Å². The van der Waals surface area contributed by atoms with Crippen LogP contribution in [0.4, 0.5) is 39.7 Å². The molecule has 17 heteroatoms. The molecule has 248 valence electrons. The van der Waals surface area contributed by atoms with Gasteiger partial charge in [0, 0.05) is 51.4 Å². The van der Waals surface area contributed by atoms with Crippen molar-refractivity contribution in [3.05, 3.63) is 45.6 Å². The van der Waals surface area contributed by atoms with E-state index in [1.807, 2.05) is 4.90 Å². The van der Waals surface area contributed by atoms with Crippen molar-refractivity contribution in [3.8, 4) is 0 Å². The molecule has 4 aliphatic heterocycles. The summed E-state index contributed by atoms with van der Waals surface area (Å²) < 4.78 is 67.4. The molecule has 4 saturated heterocycles. The maximum absolute atomic E-state index is 14.5. The lowest BCUT2D eigenvalue weighted by atomic mass is 9.99. The minimum atomic E-state index is -4.75. The molecular weight excluding hydrogens is 616 g/mol. The van der Waals surface area contributed by atoms with E-state index in [9.17, 15) is 31.9 Å². The van der Waals surface area contributed by atoms with Gasteiger partial charge in [-0.2, -0.15) is 22.7 Å². The molecule has 0 radical (unpaired) electrons. The van der Waals surface area contributed by atoms with Crippen LogP contribution in [0.15, 0.2) is 23.0 Å². The molecule has 0 aliphatic carbocycles. The maximum atomic E-state index is 14.5. The minimum absolute atomic E-state index is 0.0344. The Labute approximate surface area is 260 Å². The summed E-state index contributed by atoms with van der Waals surface area (Å²) in [5.41, 5.74) is -2.14. The summed E-state index contributed by atoms with van der Waals surface area (Å²) in [6.45, 7) is 8.72. The third-order valence-corrected chi connectivity index (χ3v) is 8.12. The Hall–Kier alpha value is -4.41.